The van der Waals surface area contributed by atoms with Crippen molar-refractivity contribution in [1.29, 1.82) is 0 Å². The Morgan fingerprint density at radius 2 is 1.50 bits per heavy atom. The molecular formula is C19H24N2O2S. The molecule has 3 rings (SSSR count). The summed E-state index contributed by atoms with van der Waals surface area (Å²) >= 11 is 0. The van der Waals surface area contributed by atoms with E-state index in [0.717, 1.165) is 25.2 Å². The van der Waals surface area contributed by atoms with E-state index in [0.29, 0.717) is 18.0 Å². The standard InChI is InChI=1S/C19H24N2O2S/c1-16-7-9-18(10-8-16)15-20-11-13-21(14-12-20)24(22,23)19-6-4-3-5-17(19)2/h3-10H,11-15H2,1-2H3. The molecule has 1 aliphatic heterocycles. The van der Waals surface area contributed by atoms with Gasteiger partial charge in [-0.15, -0.1) is 0 Å². The summed E-state index contributed by atoms with van der Waals surface area (Å²) in [5.41, 5.74) is 3.34. The molecule has 128 valence electrons. The third kappa shape index (κ3) is 3.69. The highest BCUT2D eigenvalue weighted by molar-refractivity contribution is 7.89. The molecule has 0 unspecified atom stereocenters. The monoisotopic (exact) mass is 344 g/mol. The summed E-state index contributed by atoms with van der Waals surface area (Å²) < 4.78 is 27.2. The minimum atomic E-state index is -3.39. The molecule has 2 aromatic carbocycles. The first-order valence-electron chi connectivity index (χ1n) is 8.30. The van der Waals surface area contributed by atoms with Gasteiger partial charge in [-0.05, 0) is 31.0 Å². The largest absolute Gasteiger partial charge is 0.296 e. The van der Waals surface area contributed by atoms with Crippen LogP contribution in [0.5, 0.6) is 0 Å². The van der Waals surface area contributed by atoms with Crippen LogP contribution in [0.2, 0.25) is 0 Å². The highest BCUT2D eigenvalue weighted by Crippen LogP contribution is 2.21. The summed E-state index contributed by atoms with van der Waals surface area (Å²) in [7, 11) is -3.39. The average Bonchev–Trinajstić information content (AvgIpc) is 2.58. The van der Waals surface area contributed by atoms with Crippen LogP contribution in [-0.4, -0.2) is 43.8 Å². The van der Waals surface area contributed by atoms with Crippen molar-refractivity contribution in [2.24, 2.45) is 0 Å². The molecule has 0 saturated carbocycles. The Kier molecular flexibility index (Phi) is 5.04. The highest BCUT2D eigenvalue weighted by Gasteiger charge is 2.29. The van der Waals surface area contributed by atoms with Crippen molar-refractivity contribution in [3.05, 3.63) is 65.2 Å². The summed E-state index contributed by atoms with van der Waals surface area (Å²) in [5, 5.41) is 0. The Bertz CT molecular complexity index is 792. The smallest absolute Gasteiger partial charge is 0.243 e. The summed E-state index contributed by atoms with van der Waals surface area (Å²) in [6.45, 7) is 7.42. The average molecular weight is 344 g/mol. The van der Waals surface area contributed by atoms with Gasteiger partial charge in [-0.25, -0.2) is 8.42 Å². The molecule has 0 aromatic heterocycles. The van der Waals surface area contributed by atoms with Crippen LogP contribution in [0.15, 0.2) is 53.4 Å². The fraction of sp³-hybridized carbons (Fsp3) is 0.368. The second-order valence-corrected chi connectivity index (χ2v) is 8.34. The number of sulfonamides is 1. The summed E-state index contributed by atoms with van der Waals surface area (Å²) in [6, 6.07) is 15.7. The molecule has 1 aliphatic rings. The number of benzene rings is 2. The van der Waals surface area contributed by atoms with E-state index in [4.69, 9.17) is 0 Å². The molecule has 1 heterocycles. The highest BCUT2D eigenvalue weighted by atomic mass is 32.2. The van der Waals surface area contributed by atoms with Gasteiger partial charge in [-0.2, -0.15) is 4.31 Å². The fourth-order valence-corrected chi connectivity index (χ4v) is 4.71. The first-order chi connectivity index (χ1) is 11.5. The SMILES string of the molecule is Cc1ccc(CN2CCN(S(=O)(=O)c3ccccc3C)CC2)cc1. The lowest BCUT2D eigenvalue weighted by Gasteiger charge is -2.34. The van der Waals surface area contributed by atoms with Crippen molar-refractivity contribution in [2.75, 3.05) is 26.2 Å². The van der Waals surface area contributed by atoms with Crippen LogP contribution in [0.25, 0.3) is 0 Å². The van der Waals surface area contributed by atoms with Gasteiger partial charge >= 0.3 is 0 Å². The molecule has 1 saturated heterocycles. The second-order valence-electron chi connectivity index (χ2n) is 6.43. The zero-order valence-electron chi connectivity index (χ0n) is 14.3. The van der Waals surface area contributed by atoms with E-state index in [1.807, 2.05) is 19.1 Å². The zero-order chi connectivity index (χ0) is 17.2. The number of hydrogen-bond donors (Lipinski definition) is 0. The van der Waals surface area contributed by atoms with Gasteiger partial charge in [0.25, 0.3) is 0 Å². The predicted octanol–water partition coefficient (Wildman–Crippen LogP) is 2.81. The second kappa shape index (κ2) is 7.05. The third-order valence-electron chi connectivity index (χ3n) is 4.57. The molecule has 0 radical (unpaired) electrons. The van der Waals surface area contributed by atoms with Crippen LogP contribution in [0.3, 0.4) is 0 Å². The van der Waals surface area contributed by atoms with E-state index in [2.05, 4.69) is 36.1 Å². The lowest BCUT2D eigenvalue weighted by atomic mass is 10.1. The van der Waals surface area contributed by atoms with Gasteiger partial charge in [-0.3, -0.25) is 4.90 Å². The number of aryl methyl sites for hydroxylation is 2. The number of piperazine rings is 1. The van der Waals surface area contributed by atoms with Crippen LogP contribution in [0.1, 0.15) is 16.7 Å². The van der Waals surface area contributed by atoms with Crippen molar-refractivity contribution >= 4 is 10.0 Å². The first-order valence-corrected chi connectivity index (χ1v) is 9.74. The van der Waals surface area contributed by atoms with Crippen molar-refractivity contribution < 1.29 is 8.42 Å². The van der Waals surface area contributed by atoms with Crippen molar-refractivity contribution in [1.82, 2.24) is 9.21 Å². The van der Waals surface area contributed by atoms with Crippen LogP contribution in [0.4, 0.5) is 0 Å². The molecule has 4 nitrogen and oxygen atoms in total. The Balaban J connectivity index is 1.64. The molecule has 0 atom stereocenters. The molecule has 0 spiro atoms. The summed E-state index contributed by atoms with van der Waals surface area (Å²) in [4.78, 5) is 2.74. The molecule has 0 bridgehead atoms. The summed E-state index contributed by atoms with van der Waals surface area (Å²) in [5.74, 6) is 0. The van der Waals surface area contributed by atoms with Gasteiger partial charge in [-0.1, -0.05) is 48.0 Å². The van der Waals surface area contributed by atoms with Crippen LogP contribution < -0.4 is 0 Å². The molecule has 2 aromatic rings. The number of nitrogens with zero attached hydrogens (tertiary/aromatic N) is 2. The normalized spacial score (nSPS) is 17.1. The van der Waals surface area contributed by atoms with Gasteiger partial charge in [0.2, 0.25) is 10.0 Å². The Morgan fingerprint density at radius 3 is 2.12 bits per heavy atom. The van der Waals surface area contributed by atoms with Crippen molar-refractivity contribution in [3.8, 4) is 0 Å². The lowest BCUT2D eigenvalue weighted by molar-refractivity contribution is 0.181. The number of hydrogen-bond acceptors (Lipinski definition) is 3. The third-order valence-corrected chi connectivity index (χ3v) is 6.63. The maximum atomic E-state index is 12.8. The van der Waals surface area contributed by atoms with E-state index in [1.165, 1.54) is 11.1 Å². The van der Waals surface area contributed by atoms with E-state index in [1.54, 1.807) is 16.4 Å². The maximum Gasteiger partial charge on any atom is 0.243 e. The van der Waals surface area contributed by atoms with Gasteiger partial charge in [0.1, 0.15) is 0 Å². The van der Waals surface area contributed by atoms with Crippen LogP contribution >= 0.6 is 0 Å². The summed E-state index contributed by atoms with van der Waals surface area (Å²) in [6.07, 6.45) is 0. The molecule has 5 heteroatoms. The van der Waals surface area contributed by atoms with Gasteiger partial charge < -0.3 is 0 Å². The van der Waals surface area contributed by atoms with Crippen molar-refractivity contribution in [3.63, 3.8) is 0 Å². The molecule has 24 heavy (non-hydrogen) atoms. The van der Waals surface area contributed by atoms with Crippen LogP contribution in [0, 0.1) is 13.8 Å². The van der Waals surface area contributed by atoms with Gasteiger partial charge in [0.05, 0.1) is 4.90 Å². The van der Waals surface area contributed by atoms with E-state index < -0.39 is 10.0 Å². The lowest BCUT2D eigenvalue weighted by Crippen LogP contribution is -2.48. The molecule has 0 N–H and O–H groups in total. The maximum absolute atomic E-state index is 12.8. The minimum absolute atomic E-state index is 0.428. The molecule has 0 amide bonds. The van der Waals surface area contributed by atoms with Crippen LogP contribution in [-0.2, 0) is 16.6 Å². The topological polar surface area (TPSA) is 40.6 Å². The molecule has 0 aliphatic carbocycles. The van der Waals surface area contributed by atoms with E-state index in [9.17, 15) is 8.42 Å². The number of rotatable bonds is 4. The Labute approximate surface area is 144 Å². The van der Waals surface area contributed by atoms with Gasteiger partial charge in [0.15, 0.2) is 0 Å². The Morgan fingerprint density at radius 1 is 0.875 bits per heavy atom. The van der Waals surface area contributed by atoms with E-state index >= 15 is 0 Å². The molecular weight excluding hydrogens is 320 g/mol. The predicted molar refractivity (Wildman–Crippen MR) is 96.4 cm³/mol. The first kappa shape index (κ1) is 17.1. The Hall–Kier alpha value is -1.69. The van der Waals surface area contributed by atoms with Crippen molar-refractivity contribution in [2.45, 2.75) is 25.3 Å². The molecule has 1 fully saturated rings. The zero-order valence-corrected chi connectivity index (χ0v) is 15.1. The minimum Gasteiger partial charge on any atom is -0.296 e. The fourth-order valence-electron chi connectivity index (χ4n) is 3.06. The quantitative estimate of drug-likeness (QED) is 0.856. The van der Waals surface area contributed by atoms with E-state index in [-0.39, 0.29) is 0 Å². The van der Waals surface area contributed by atoms with Gasteiger partial charge in [0, 0.05) is 32.7 Å².